The minimum atomic E-state index is -0.124. The second-order valence-corrected chi connectivity index (χ2v) is 8.64. The van der Waals surface area contributed by atoms with Crippen LogP contribution < -0.4 is 21.7 Å². The molecule has 0 unspecified atom stereocenters. The van der Waals surface area contributed by atoms with Gasteiger partial charge in [-0.3, -0.25) is 9.78 Å². The number of hydrogen-bond acceptors (Lipinski definition) is 7. The topological polar surface area (TPSA) is 122 Å². The molecule has 1 aliphatic carbocycles. The lowest BCUT2D eigenvalue weighted by molar-refractivity contribution is 0.0951. The van der Waals surface area contributed by atoms with E-state index in [1.54, 1.807) is 35.2 Å². The molecule has 0 atom stereocenters. The smallest absolute Gasteiger partial charge is 0.251 e. The summed E-state index contributed by atoms with van der Waals surface area (Å²) < 4.78 is 1.76. The van der Waals surface area contributed by atoms with Gasteiger partial charge < -0.3 is 21.7 Å². The maximum atomic E-state index is 12.5. The zero-order chi connectivity index (χ0) is 23.3. The number of carbonyl (C=O) groups excluding carboxylic acids is 1. The van der Waals surface area contributed by atoms with Crippen LogP contribution in [0.2, 0.25) is 0 Å². The van der Waals surface area contributed by atoms with Gasteiger partial charge in [-0.1, -0.05) is 0 Å². The predicted octanol–water partition coefficient (Wildman–Crippen LogP) is 3.48. The summed E-state index contributed by atoms with van der Waals surface area (Å²) in [5, 5.41) is 14.5. The zero-order valence-corrected chi connectivity index (χ0v) is 18.8. The Morgan fingerprint density at radius 3 is 2.56 bits per heavy atom. The summed E-state index contributed by atoms with van der Waals surface area (Å²) in [6, 6.07) is 13.8. The van der Waals surface area contributed by atoms with Crippen LogP contribution in [0.4, 0.5) is 17.2 Å². The van der Waals surface area contributed by atoms with E-state index in [4.69, 9.17) is 5.73 Å². The summed E-state index contributed by atoms with van der Waals surface area (Å²) in [5.74, 6) is 0.669. The fourth-order valence-corrected chi connectivity index (χ4v) is 4.20. The minimum absolute atomic E-state index is 0.124. The van der Waals surface area contributed by atoms with E-state index in [1.165, 1.54) is 0 Å². The molecule has 3 aromatic heterocycles. The standard InChI is InChI=1S/C25H28N8O/c26-19-3-7-21(8-4-19)31-23-15-22(24-28-13-14-33(24)32-23)30-20-5-1-18(2-6-20)25(34)29-16-17-9-11-27-12-10-17/h1-2,5-6,9-15,19,21,30H,3-4,7-8,16,26H2,(H,29,34)(H,31,32). The fraction of sp³-hybridized carbons (Fsp3) is 0.280. The van der Waals surface area contributed by atoms with Gasteiger partial charge in [0.2, 0.25) is 0 Å². The van der Waals surface area contributed by atoms with Crippen LogP contribution in [0.15, 0.2) is 67.3 Å². The van der Waals surface area contributed by atoms with Crippen LogP contribution in [0.25, 0.3) is 5.65 Å². The summed E-state index contributed by atoms with van der Waals surface area (Å²) in [6.07, 6.45) is 11.1. The van der Waals surface area contributed by atoms with Crippen molar-refractivity contribution in [2.24, 2.45) is 5.73 Å². The Morgan fingerprint density at radius 1 is 1.03 bits per heavy atom. The lowest BCUT2D eigenvalue weighted by atomic mass is 9.92. The number of carbonyl (C=O) groups is 1. The van der Waals surface area contributed by atoms with Crippen molar-refractivity contribution in [2.75, 3.05) is 10.6 Å². The Kier molecular flexibility index (Phi) is 6.35. The number of imidazole rings is 1. The molecule has 0 aliphatic heterocycles. The van der Waals surface area contributed by atoms with Crippen molar-refractivity contribution in [2.45, 2.75) is 44.3 Å². The Hall–Kier alpha value is -3.98. The number of fused-ring (bicyclic) bond motifs is 1. The number of amides is 1. The van der Waals surface area contributed by atoms with Gasteiger partial charge in [-0.25, -0.2) is 9.50 Å². The normalized spacial score (nSPS) is 17.9. The lowest BCUT2D eigenvalue weighted by Crippen LogP contribution is -2.33. The molecule has 3 heterocycles. The van der Waals surface area contributed by atoms with Crippen molar-refractivity contribution in [3.05, 3.63) is 78.4 Å². The second-order valence-electron chi connectivity index (χ2n) is 8.64. The maximum Gasteiger partial charge on any atom is 0.251 e. The molecule has 0 saturated heterocycles. The maximum absolute atomic E-state index is 12.5. The summed E-state index contributed by atoms with van der Waals surface area (Å²) in [7, 11) is 0. The van der Waals surface area contributed by atoms with Crippen molar-refractivity contribution < 1.29 is 4.79 Å². The molecule has 5 rings (SSSR count). The van der Waals surface area contributed by atoms with E-state index in [1.807, 2.05) is 36.5 Å². The highest BCUT2D eigenvalue weighted by Crippen LogP contribution is 2.26. The van der Waals surface area contributed by atoms with Crippen molar-refractivity contribution in [3.8, 4) is 0 Å². The van der Waals surface area contributed by atoms with Crippen LogP contribution in [0.3, 0.4) is 0 Å². The van der Waals surface area contributed by atoms with Gasteiger partial charge in [-0.05, 0) is 67.6 Å². The van der Waals surface area contributed by atoms with E-state index in [9.17, 15) is 4.79 Å². The third-order valence-corrected chi connectivity index (χ3v) is 6.11. The number of rotatable bonds is 7. The van der Waals surface area contributed by atoms with Gasteiger partial charge in [0, 0.05) is 60.7 Å². The van der Waals surface area contributed by atoms with Gasteiger partial charge in [0.05, 0.1) is 5.69 Å². The van der Waals surface area contributed by atoms with E-state index in [-0.39, 0.29) is 5.91 Å². The highest BCUT2D eigenvalue weighted by Gasteiger charge is 2.19. The van der Waals surface area contributed by atoms with Crippen LogP contribution in [0, 0.1) is 0 Å². The molecule has 9 nitrogen and oxygen atoms in total. The number of nitrogens with one attached hydrogen (secondary N) is 3. The number of hydrogen-bond donors (Lipinski definition) is 4. The first-order valence-electron chi connectivity index (χ1n) is 11.5. The number of nitrogens with two attached hydrogens (primary N) is 1. The lowest BCUT2D eigenvalue weighted by Gasteiger charge is -2.27. The molecule has 4 aromatic rings. The van der Waals surface area contributed by atoms with E-state index in [0.29, 0.717) is 24.2 Å². The van der Waals surface area contributed by atoms with E-state index in [0.717, 1.165) is 54.1 Å². The van der Waals surface area contributed by atoms with Crippen LogP contribution in [-0.4, -0.2) is 37.6 Å². The van der Waals surface area contributed by atoms with Gasteiger partial charge in [0.15, 0.2) is 5.65 Å². The molecule has 174 valence electrons. The molecule has 1 saturated carbocycles. The highest BCUT2D eigenvalue weighted by molar-refractivity contribution is 5.94. The van der Waals surface area contributed by atoms with Gasteiger partial charge in [0.25, 0.3) is 5.91 Å². The molecule has 1 aliphatic rings. The monoisotopic (exact) mass is 456 g/mol. The summed E-state index contributed by atoms with van der Waals surface area (Å²) >= 11 is 0. The Balaban J connectivity index is 1.27. The molecular formula is C25H28N8O. The molecule has 1 aromatic carbocycles. The Morgan fingerprint density at radius 2 is 1.79 bits per heavy atom. The average molecular weight is 457 g/mol. The van der Waals surface area contributed by atoms with E-state index >= 15 is 0 Å². The van der Waals surface area contributed by atoms with E-state index in [2.05, 4.69) is 31.0 Å². The van der Waals surface area contributed by atoms with Crippen LogP contribution in [-0.2, 0) is 6.54 Å². The molecule has 0 spiro atoms. The first-order chi connectivity index (χ1) is 16.6. The summed E-state index contributed by atoms with van der Waals surface area (Å²) in [4.78, 5) is 20.9. The average Bonchev–Trinajstić information content (AvgIpc) is 3.34. The van der Waals surface area contributed by atoms with Gasteiger partial charge in [-0.15, -0.1) is 5.10 Å². The van der Waals surface area contributed by atoms with Gasteiger partial charge >= 0.3 is 0 Å². The van der Waals surface area contributed by atoms with Crippen molar-refractivity contribution in [1.29, 1.82) is 0 Å². The Bertz CT molecular complexity index is 1250. The predicted molar refractivity (Wildman–Crippen MR) is 132 cm³/mol. The van der Waals surface area contributed by atoms with Gasteiger partial charge in [-0.2, -0.15) is 0 Å². The van der Waals surface area contributed by atoms with Crippen molar-refractivity contribution in [3.63, 3.8) is 0 Å². The molecule has 1 amide bonds. The number of aromatic nitrogens is 4. The number of nitrogens with zero attached hydrogens (tertiary/aromatic N) is 4. The molecule has 34 heavy (non-hydrogen) atoms. The molecule has 9 heteroatoms. The first kappa shape index (κ1) is 21.8. The van der Waals surface area contributed by atoms with Crippen LogP contribution >= 0.6 is 0 Å². The van der Waals surface area contributed by atoms with Crippen LogP contribution in [0.5, 0.6) is 0 Å². The second kappa shape index (κ2) is 9.88. The summed E-state index contributed by atoms with van der Waals surface area (Å²) in [5.41, 5.74) is 10.1. The Labute approximate surface area is 197 Å². The molecular weight excluding hydrogens is 428 g/mol. The van der Waals surface area contributed by atoms with Crippen molar-refractivity contribution in [1.82, 2.24) is 24.9 Å². The SMILES string of the molecule is NC1CCC(Nc2cc(Nc3ccc(C(=O)NCc4ccncc4)cc3)c3nccn3n2)CC1. The largest absolute Gasteiger partial charge is 0.366 e. The highest BCUT2D eigenvalue weighted by atomic mass is 16.1. The molecule has 0 radical (unpaired) electrons. The third kappa shape index (κ3) is 5.15. The fourth-order valence-electron chi connectivity index (χ4n) is 4.20. The number of pyridine rings is 1. The quantitative estimate of drug-likeness (QED) is 0.336. The molecule has 0 bridgehead atoms. The first-order valence-corrected chi connectivity index (χ1v) is 11.5. The van der Waals surface area contributed by atoms with Crippen LogP contribution in [0.1, 0.15) is 41.6 Å². The number of anilines is 3. The third-order valence-electron chi connectivity index (χ3n) is 6.11. The van der Waals surface area contributed by atoms with Gasteiger partial charge in [0.1, 0.15) is 5.82 Å². The molecule has 5 N–H and O–H groups in total. The summed E-state index contributed by atoms with van der Waals surface area (Å²) in [6.45, 7) is 0.457. The van der Waals surface area contributed by atoms with E-state index < -0.39 is 0 Å². The number of benzene rings is 1. The minimum Gasteiger partial charge on any atom is -0.366 e. The molecule has 1 fully saturated rings. The zero-order valence-electron chi connectivity index (χ0n) is 18.8. The van der Waals surface area contributed by atoms with Crippen molar-refractivity contribution >= 4 is 28.7 Å².